The van der Waals surface area contributed by atoms with Gasteiger partial charge in [0.25, 0.3) is 0 Å². The van der Waals surface area contributed by atoms with Crippen molar-refractivity contribution in [2.75, 3.05) is 6.54 Å². The molecule has 4 atom stereocenters. The Bertz CT molecular complexity index is 442. The van der Waals surface area contributed by atoms with Gasteiger partial charge in [-0.2, -0.15) is 0 Å². The Hall–Kier alpha value is -1.71. The Kier molecular flexibility index (Phi) is 11.0. The lowest BCUT2D eigenvalue weighted by Gasteiger charge is -2.24. The molecule has 0 aromatic carbocycles. The van der Waals surface area contributed by atoms with E-state index >= 15 is 0 Å². The molecule has 0 aromatic heterocycles. The molecule has 0 fully saturated rings. The molecule has 0 unspecified atom stereocenters. The van der Waals surface area contributed by atoms with Gasteiger partial charge in [0.15, 0.2) is 0 Å². The molecule has 0 radical (unpaired) electrons. The number of carboxylic acid groups (broad SMARTS) is 1. The molecule has 0 aliphatic heterocycles. The summed E-state index contributed by atoms with van der Waals surface area (Å²) >= 11 is 0. The maximum atomic E-state index is 12.4. The van der Waals surface area contributed by atoms with Crippen LogP contribution in [0.15, 0.2) is 0 Å². The van der Waals surface area contributed by atoms with Gasteiger partial charge in [0.1, 0.15) is 18.1 Å². The number of hydrogen-bond donors (Lipinski definition) is 6. The first-order chi connectivity index (χ1) is 11.6. The van der Waals surface area contributed by atoms with Gasteiger partial charge >= 0.3 is 5.97 Å². The minimum absolute atomic E-state index is 0.0790. The van der Waals surface area contributed by atoms with Crippen molar-refractivity contribution >= 4 is 17.8 Å². The number of carbonyl (C=O) groups excluding carboxylic acids is 2. The van der Waals surface area contributed by atoms with E-state index in [9.17, 15) is 24.6 Å². The molecule has 9 nitrogen and oxygen atoms in total. The number of aliphatic carboxylic acids is 1. The summed E-state index contributed by atoms with van der Waals surface area (Å²) in [7, 11) is 0. The lowest BCUT2D eigenvalue weighted by atomic mass is 10.0. The van der Waals surface area contributed by atoms with Crippen molar-refractivity contribution in [3.05, 3.63) is 0 Å². The number of rotatable bonds is 12. The van der Waals surface area contributed by atoms with Crippen LogP contribution in [-0.4, -0.2) is 58.8 Å². The first-order valence-corrected chi connectivity index (χ1v) is 8.57. The number of nitrogens with two attached hydrogens (primary N) is 2. The third-order valence-corrected chi connectivity index (χ3v) is 3.72. The van der Waals surface area contributed by atoms with Crippen LogP contribution in [0.2, 0.25) is 0 Å². The van der Waals surface area contributed by atoms with E-state index in [1.165, 1.54) is 6.92 Å². The van der Waals surface area contributed by atoms with Gasteiger partial charge in [-0.15, -0.1) is 0 Å². The van der Waals surface area contributed by atoms with E-state index in [1.807, 2.05) is 13.8 Å². The fourth-order valence-electron chi connectivity index (χ4n) is 2.21. The Morgan fingerprint density at radius 2 is 1.56 bits per heavy atom. The average molecular weight is 360 g/mol. The van der Waals surface area contributed by atoms with Crippen LogP contribution in [0.5, 0.6) is 0 Å². The molecule has 8 N–H and O–H groups in total. The van der Waals surface area contributed by atoms with Crippen molar-refractivity contribution in [2.45, 2.75) is 70.7 Å². The highest BCUT2D eigenvalue weighted by molar-refractivity contribution is 5.91. The van der Waals surface area contributed by atoms with Crippen LogP contribution in [0.1, 0.15) is 46.5 Å². The lowest BCUT2D eigenvalue weighted by Crippen LogP contribution is -2.56. The molecule has 0 aromatic rings. The summed E-state index contributed by atoms with van der Waals surface area (Å²) in [5.41, 5.74) is 11.0. The summed E-state index contributed by atoms with van der Waals surface area (Å²) in [6.45, 7) is 5.52. The van der Waals surface area contributed by atoms with Crippen molar-refractivity contribution in [3.63, 3.8) is 0 Å². The Labute approximate surface area is 148 Å². The summed E-state index contributed by atoms with van der Waals surface area (Å²) in [6, 6.07) is -3.14. The van der Waals surface area contributed by atoms with Crippen LogP contribution in [0.4, 0.5) is 0 Å². The number of unbranched alkanes of at least 4 members (excludes halogenated alkanes) is 1. The Morgan fingerprint density at radius 3 is 2.00 bits per heavy atom. The summed E-state index contributed by atoms with van der Waals surface area (Å²) in [5.74, 6) is -2.31. The zero-order valence-corrected chi connectivity index (χ0v) is 15.2. The third kappa shape index (κ3) is 9.37. The summed E-state index contributed by atoms with van der Waals surface area (Å²) < 4.78 is 0. The second-order valence-electron chi connectivity index (χ2n) is 6.64. The van der Waals surface area contributed by atoms with Crippen molar-refractivity contribution < 1.29 is 24.6 Å². The molecule has 146 valence electrons. The molecule has 0 bridgehead atoms. The quantitative estimate of drug-likeness (QED) is 0.241. The first-order valence-electron chi connectivity index (χ1n) is 8.57. The summed E-state index contributed by atoms with van der Waals surface area (Å²) in [4.78, 5) is 35.8. The molecule has 2 amide bonds. The molecule has 0 rings (SSSR count). The smallest absolute Gasteiger partial charge is 0.326 e. The third-order valence-electron chi connectivity index (χ3n) is 3.72. The van der Waals surface area contributed by atoms with Crippen LogP contribution in [0.25, 0.3) is 0 Å². The largest absolute Gasteiger partial charge is 0.480 e. The topological polar surface area (TPSA) is 168 Å². The highest BCUT2D eigenvalue weighted by atomic mass is 16.4. The van der Waals surface area contributed by atoms with Gasteiger partial charge < -0.3 is 32.3 Å². The zero-order chi connectivity index (χ0) is 19.6. The maximum Gasteiger partial charge on any atom is 0.326 e. The van der Waals surface area contributed by atoms with E-state index in [-0.39, 0.29) is 12.3 Å². The highest BCUT2D eigenvalue weighted by Crippen LogP contribution is 2.07. The number of aliphatic hydroxyl groups excluding tert-OH is 1. The number of nitrogens with one attached hydrogen (secondary N) is 2. The van der Waals surface area contributed by atoms with E-state index in [2.05, 4.69) is 10.6 Å². The SMILES string of the molecule is CC(C)C[C@H](NC(=O)[C@H](CCCCN)NC(=O)[C@@H](N)[C@@H](C)O)C(=O)O. The minimum atomic E-state index is -1.17. The van der Waals surface area contributed by atoms with Gasteiger partial charge in [-0.05, 0) is 45.1 Å². The van der Waals surface area contributed by atoms with Crippen molar-refractivity contribution in [3.8, 4) is 0 Å². The van der Waals surface area contributed by atoms with Gasteiger partial charge in [-0.25, -0.2) is 4.79 Å². The standard InChI is InChI=1S/C16H32N4O5/c1-9(2)8-12(16(24)25)20-14(22)11(6-4-5-7-17)19-15(23)13(18)10(3)21/h9-13,21H,4-8,17-18H2,1-3H3,(H,19,23)(H,20,22)(H,24,25)/t10-,11+,12+,13+/m1/s1. The fourth-order valence-corrected chi connectivity index (χ4v) is 2.21. The number of amides is 2. The van der Waals surface area contributed by atoms with Crippen LogP contribution >= 0.6 is 0 Å². The van der Waals surface area contributed by atoms with E-state index in [4.69, 9.17) is 11.5 Å². The number of carboxylic acids is 1. The molecule has 25 heavy (non-hydrogen) atoms. The van der Waals surface area contributed by atoms with Crippen molar-refractivity contribution in [2.24, 2.45) is 17.4 Å². The van der Waals surface area contributed by atoms with Crippen molar-refractivity contribution in [1.82, 2.24) is 10.6 Å². The predicted molar refractivity (Wildman–Crippen MR) is 93.5 cm³/mol. The first kappa shape index (κ1) is 23.3. The second-order valence-corrected chi connectivity index (χ2v) is 6.64. The van der Waals surface area contributed by atoms with E-state index in [1.54, 1.807) is 0 Å². The lowest BCUT2D eigenvalue weighted by molar-refractivity contribution is -0.142. The Balaban J connectivity index is 5.01. The van der Waals surface area contributed by atoms with Gasteiger partial charge in [0.2, 0.25) is 11.8 Å². The molecule has 0 aliphatic carbocycles. The molecule has 0 saturated carbocycles. The minimum Gasteiger partial charge on any atom is -0.480 e. The molecule has 0 aliphatic rings. The maximum absolute atomic E-state index is 12.4. The van der Waals surface area contributed by atoms with Crippen LogP contribution < -0.4 is 22.1 Å². The number of carbonyl (C=O) groups is 3. The van der Waals surface area contributed by atoms with Crippen LogP contribution in [0, 0.1) is 5.92 Å². The molecule has 0 spiro atoms. The number of aliphatic hydroxyl groups is 1. The molecule has 0 heterocycles. The summed E-state index contributed by atoms with van der Waals surface area (Å²) in [5, 5.41) is 23.6. The van der Waals surface area contributed by atoms with Gasteiger partial charge in [-0.3, -0.25) is 9.59 Å². The molecular weight excluding hydrogens is 328 g/mol. The van der Waals surface area contributed by atoms with Crippen LogP contribution in [-0.2, 0) is 14.4 Å². The van der Waals surface area contributed by atoms with Gasteiger partial charge in [0.05, 0.1) is 6.10 Å². The van der Waals surface area contributed by atoms with Gasteiger partial charge in [-0.1, -0.05) is 13.8 Å². The zero-order valence-electron chi connectivity index (χ0n) is 15.2. The van der Waals surface area contributed by atoms with E-state index < -0.39 is 42.0 Å². The molecular formula is C16H32N4O5. The fraction of sp³-hybridized carbons (Fsp3) is 0.812. The van der Waals surface area contributed by atoms with E-state index in [0.717, 1.165) is 0 Å². The van der Waals surface area contributed by atoms with Crippen molar-refractivity contribution in [1.29, 1.82) is 0 Å². The average Bonchev–Trinajstić information content (AvgIpc) is 2.51. The second kappa shape index (κ2) is 11.8. The molecule has 0 saturated heterocycles. The Morgan fingerprint density at radius 1 is 1.00 bits per heavy atom. The van der Waals surface area contributed by atoms with E-state index in [0.29, 0.717) is 25.8 Å². The predicted octanol–water partition coefficient (Wildman–Crippen LogP) is -1.08. The summed E-state index contributed by atoms with van der Waals surface area (Å²) in [6.07, 6.45) is 0.755. The van der Waals surface area contributed by atoms with Gasteiger partial charge in [0, 0.05) is 0 Å². The molecule has 9 heteroatoms. The van der Waals surface area contributed by atoms with Crippen LogP contribution in [0.3, 0.4) is 0 Å². The monoisotopic (exact) mass is 360 g/mol. The highest BCUT2D eigenvalue weighted by Gasteiger charge is 2.29. The normalized spacial score (nSPS) is 16.0. The number of hydrogen-bond acceptors (Lipinski definition) is 6.